The lowest BCUT2D eigenvalue weighted by Gasteiger charge is -2.25. The molecule has 0 fully saturated rings. The van der Waals surface area contributed by atoms with Gasteiger partial charge in [-0.2, -0.15) is 0 Å². The van der Waals surface area contributed by atoms with Crippen LogP contribution in [-0.2, 0) is 11.8 Å². The van der Waals surface area contributed by atoms with Crippen LogP contribution in [0.2, 0.25) is 0 Å². The molecule has 3 aromatic heterocycles. The molecule has 7 heteroatoms. The Labute approximate surface area is 201 Å². The van der Waals surface area contributed by atoms with Crippen LogP contribution in [0.1, 0.15) is 55.8 Å². The van der Waals surface area contributed by atoms with E-state index in [1.54, 1.807) is 45.3 Å². The van der Waals surface area contributed by atoms with E-state index in [-0.39, 0.29) is 17.0 Å². The summed E-state index contributed by atoms with van der Waals surface area (Å²) in [5.41, 5.74) is 2.02. The van der Waals surface area contributed by atoms with Crippen molar-refractivity contribution in [3.63, 3.8) is 0 Å². The number of ketones is 2. The van der Waals surface area contributed by atoms with Crippen molar-refractivity contribution in [2.45, 2.75) is 31.6 Å². The molecule has 1 aromatic carbocycles. The molecule has 1 unspecified atom stereocenters. The molecule has 3 heterocycles. The van der Waals surface area contributed by atoms with Crippen LogP contribution in [-0.4, -0.2) is 11.6 Å². The predicted octanol–water partition coefficient (Wildman–Crippen LogP) is 8.01. The molecule has 4 aromatic rings. The number of Topliss-reactive ketones (excluding diaryl/α,β-unsaturated/α-hetero) is 2. The summed E-state index contributed by atoms with van der Waals surface area (Å²) in [7, 11) is 0. The van der Waals surface area contributed by atoms with Gasteiger partial charge in [-0.25, -0.2) is 0 Å². The zero-order valence-electron chi connectivity index (χ0n) is 16.8. The van der Waals surface area contributed by atoms with Gasteiger partial charge >= 0.3 is 0 Å². The van der Waals surface area contributed by atoms with Crippen LogP contribution in [0.4, 0.5) is 0 Å². The Kier molecular flexibility index (Phi) is 5.43. The van der Waals surface area contributed by atoms with Crippen LogP contribution in [0, 0.1) is 3.14 Å². The summed E-state index contributed by atoms with van der Waals surface area (Å²) in [4.78, 5) is 30.8. The topological polar surface area (TPSA) is 34.1 Å². The molecule has 0 spiro atoms. The van der Waals surface area contributed by atoms with E-state index < -0.39 is 5.92 Å². The summed E-state index contributed by atoms with van der Waals surface area (Å²) in [6.07, 6.45) is 0.851. The quantitative estimate of drug-likeness (QED) is 0.206. The highest BCUT2D eigenvalue weighted by Crippen LogP contribution is 2.42. The van der Waals surface area contributed by atoms with Gasteiger partial charge < -0.3 is 0 Å². The second kappa shape index (κ2) is 7.98. The average Bonchev–Trinajstić information content (AvgIpc) is 3.51. The Balaban J connectivity index is 1.46. The summed E-state index contributed by atoms with van der Waals surface area (Å²) >= 11 is 11.7. The first-order chi connectivity index (χ1) is 14.8. The van der Waals surface area contributed by atoms with Gasteiger partial charge in [0.25, 0.3) is 0 Å². The minimum Gasteiger partial charge on any atom is -0.293 e. The predicted molar refractivity (Wildman–Crippen MR) is 135 cm³/mol. The molecule has 0 N–H and O–H groups in total. The van der Waals surface area contributed by atoms with Gasteiger partial charge in [-0.1, -0.05) is 44.3 Å². The number of benzene rings is 1. The fraction of sp³-hybridized carbons (Fsp3) is 0.208. The average molecular weight is 499 g/mol. The number of hydrogen-bond donors (Lipinski definition) is 0. The summed E-state index contributed by atoms with van der Waals surface area (Å²) in [5.74, 6) is -0.878. The smallest absolute Gasteiger partial charge is 0.179 e. The zero-order chi connectivity index (χ0) is 21.8. The number of hydrogen-bond acceptors (Lipinski definition) is 7. The molecule has 1 atom stereocenters. The number of fused-ring (bicyclic) bond motifs is 1. The summed E-state index contributed by atoms with van der Waals surface area (Å²) < 4.78 is 0.932. The molecular weight excluding hydrogens is 481 g/mol. The molecule has 2 nitrogen and oxygen atoms in total. The Morgan fingerprint density at radius 2 is 1.74 bits per heavy atom. The van der Waals surface area contributed by atoms with E-state index in [0.717, 1.165) is 29.8 Å². The first-order valence-electron chi connectivity index (χ1n) is 9.77. The first kappa shape index (κ1) is 21.1. The van der Waals surface area contributed by atoms with E-state index in [0.29, 0.717) is 11.1 Å². The lowest BCUT2D eigenvalue weighted by molar-refractivity contribution is 0.0892. The van der Waals surface area contributed by atoms with Crippen molar-refractivity contribution in [3.8, 4) is 9.75 Å². The van der Waals surface area contributed by atoms with Crippen molar-refractivity contribution in [3.05, 3.63) is 82.8 Å². The molecule has 0 saturated heterocycles. The summed E-state index contributed by atoms with van der Waals surface area (Å²) in [6, 6.07) is 13.8. The van der Waals surface area contributed by atoms with E-state index in [9.17, 15) is 9.59 Å². The maximum Gasteiger partial charge on any atom is 0.179 e. The van der Waals surface area contributed by atoms with E-state index in [2.05, 4.69) is 25.3 Å². The van der Waals surface area contributed by atoms with Crippen molar-refractivity contribution in [2.24, 2.45) is 0 Å². The number of thiophene rings is 2. The first-order valence-corrected chi connectivity index (χ1v) is 13.6. The third-order valence-electron chi connectivity index (χ3n) is 5.65. The SMILES string of the molecule is CC(C)(Cc1csc(=S)s1)c1ccc2c(c1)C(=O)C(c1ccc(-c3cccs3)s1)C2=O. The minimum absolute atomic E-state index is 0.0802. The van der Waals surface area contributed by atoms with Gasteiger partial charge in [-0.15, -0.1) is 45.3 Å². The third kappa shape index (κ3) is 3.83. The molecule has 0 bridgehead atoms. The molecule has 0 amide bonds. The summed E-state index contributed by atoms with van der Waals surface area (Å²) in [6.45, 7) is 4.35. The molecule has 1 aliphatic carbocycles. The van der Waals surface area contributed by atoms with Gasteiger partial charge in [0.2, 0.25) is 0 Å². The largest absolute Gasteiger partial charge is 0.293 e. The highest BCUT2D eigenvalue weighted by Gasteiger charge is 2.41. The van der Waals surface area contributed by atoms with Crippen LogP contribution >= 0.6 is 57.6 Å². The second-order valence-corrected chi connectivity index (χ2v) is 13.5. The normalized spacial score (nSPS) is 16.1. The second-order valence-electron chi connectivity index (χ2n) is 8.22. The lowest BCUT2D eigenvalue weighted by atomic mass is 9.80. The van der Waals surface area contributed by atoms with E-state index in [1.807, 2.05) is 41.8 Å². The molecule has 156 valence electrons. The zero-order valence-corrected chi connectivity index (χ0v) is 20.9. The van der Waals surface area contributed by atoms with Crippen molar-refractivity contribution in [2.75, 3.05) is 0 Å². The fourth-order valence-corrected chi connectivity index (χ4v) is 8.38. The van der Waals surface area contributed by atoms with Crippen LogP contribution in [0.15, 0.2) is 53.2 Å². The van der Waals surface area contributed by atoms with Gasteiger partial charge in [0.05, 0.1) is 0 Å². The van der Waals surface area contributed by atoms with Gasteiger partial charge in [0.1, 0.15) is 9.06 Å². The van der Waals surface area contributed by atoms with Crippen LogP contribution in [0.25, 0.3) is 9.75 Å². The van der Waals surface area contributed by atoms with Gasteiger partial charge in [0.15, 0.2) is 11.6 Å². The molecule has 0 saturated carbocycles. The molecule has 0 aliphatic heterocycles. The van der Waals surface area contributed by atoms with Crippen molar-refractivity contribution >= 4 is 69.1 Å². The van der Waals surface area contributed by atoms with Crippen molar-refractivity contribution < 1.29 is 9.59 Å². The van der Waals surface area contributed by atoms with Gasteiger partial charge in [0, 0.05) is 36.0 Å². The molecule has 5 rings (SSSR count). The van der Waals surface area contributed by atoms with Crippen LogP contribution in [0.3, 0.4) is 0 Å². The third-order valence-corrected chi connectivity index (χ3v) is 10.4. The molecule has 31 heavy (non-hydrogen) atoms. The Morgan fingerprint density at radius 1 is 0.935 bits per heavy atom. The Hall–Kier alpha value is -1.77. The van der Waals surface area contributed by atoms with Crippen molar-refractivity contribution in [1.29, 1.82) is 0 Å². The highest BCUT2D eigenvalue weighted by atomic mass is 32.2. The monoisotopic (exact) mass is 498 g/mol. The summed E-state index contributed by atoms with van der Waals surface area (Å²) in [5, 5.41) is 4.15. The van der Waals surface area contributed by atoms with Crippen LogP contribution < -0.4 is 0 Å². The van der Waals surface area contributed by atoms with E-state index >= 15 is 0 Å². The van der Waals surface area contributed by atoms with Crippen molar-refractivity contribution in [1.82, 2.24) is 0 Å². The maximum atomic E-state index is 13.3. The number of rotatable bonds is 5. The highest BCUT2D eigenvalue weighted by molar-refractivity contribution is 7.76. The number of carbonyl (C=O) groups is 2. The minimum atomic E-state index is -0.714. The molecule has 1 aliphatic rings. The molecular formula is C24H18O2S5. The number of carbonyl (C=O) groups excluding carboxylic acids is 2. The van der Waals surface area contributed by atoms with E-state index in [4.69, 9.17) is 12.2 Å². The Bertz CT molecular complexity index is 1350. The lowest BCUT2D eigenvalue weighted by Crippen LogP contribution is -2.20. The Morgan fingerprint density at radius 3 is 2.45 bits per heavy atom. The van der Waals surface area contributed by atoms with Gasteiger partial charge in [-0.05, 0) is 47.0 Å². The molecule has 0 radical (unpaired) electrons. The van der Waals surface area contributed by atoms with E-state index in [1.165, 1.54) is 4.88 Å². The fourth-order valence-electron chi connectivity index (χ4n) is 4.02. The standard InChI is InChI=1S/C24H18O2S5/c1-24(2,11-14-12-29-23(27)30-14)13-5-6-15-16(10-13)22(26)20(21(15)25)19-8-7-18(31-19)17-4-3-9-28-17/h3-10,12,20H,11H2,1-2H3. The maximum absolute atomic E-state index is 13.3. The van der Waals surface area contributed by atoms with Gasteiger partial charge in [-0.3, -0.25) is 9.59 Å². The van der Waals surface area contributed by atoms with Crippen LogP contribution in [0.5, 0.6) is 0 Å².